The number of benzene rings is 1. The van der Waals surface area contributed by atoms with Gasteiger partial charge in [-0.2, -0.15) is 0 Å². The summed E-state index contributed by atoms with van der Waals surface area (Å²) in [6.07, 6.45) is 9.23. The summed E-state index contributed by atoms with van der Waals surface area (Å²) >= 11 is 1.72. The molecule has 2 heteroatoms. The predicted octanol–water partition coefficient (Wildman–Crippen LogP) is 5.12. The van der Waals surface area contributed by atoms with Gasteiger partial charge >= 0.3 is 0 Å². The molecule has 1 heterocycles. The van der Waals surface area contributed by atoms with Crippen molar-refractivity contribution in [1.29, 1.82) is 0 Å². The smallest absolute Gasteiger partial charge is 0.185 e. The average Bonchev–Trinajstić information content (AvgIpc) is 2.94. The minimum absolute atomic E-state index is 0.276. The van der Waals surface area contributed by atoms with Crippen LogP contribution in [0.3, 0.4) is 0 Å². The van der Waals surface area contributed by atoms with E-state index < -0.39 is 0 Å². The summed E-state index contributed by atoms with van der Waals surface area (Å²) < 4.78 is 0. The molecule has 20 heavy (non-hydrogen) atoms. The van der Waals surface area contributed by atoms with Crippen LogP contribution in [-0.4, -0.2) is 5.78 Å². The van der Waals surface area contributed by atoms with Gasteiger partial charge in [0.15, 0.2) is 5.78 Å². The van der Waals surface area contributed by atoms with Gasteiger partial charge in [0.05, 0.1) is 0 Å². The number of ketones is 1. The first-order valence-electron chi connectivity index (χ1n) is 7.18. The van der Waals surface area contributed by atoms with E-state index >= 15 is 0 Å². The van der Waals surface area contributed by atoms with Crippen LogP contribution in [0.25, 0.3) is 6.08 Å². The number of carbonyl (C=O) groups excluding carboxylic acids is 1. The van der Waals surface area contributed by atoms with Crippen molar-refractivity contribution in [3.05, 3.63) is 63.4 Å². The monoisotopic (exact) mass is 282 g/mol. The Morgan fingerprint density at radius 3 is 2.60 bits per heavy atom. The van der Waals surface area contributed by atoms with Crippen LogP contribution in [0.2, 0.25) is 0 Å². The van der Waals surface area contributed by atoms with E-state index in [1.54, 1.807) is 11.8 Å². The molecule has 102 valence electrons. The van der Waals surface area contributed by atoms with Crippen LogP contribution in [0.4, 0.5) is 0 Å². The molecule has 1 fully saturated rings. The molecule has 1 aromatic rings. The number of carbonyl (C=O) groups is 1. The fourth-order valence-electron chi connectivity index (χ4n) is 2.72. The molecule has 2 aliphatic rings. The van der Waals surface area contributed by atoms with Crippen molar-refractivity contribution < 1.29 is 4.79 Å². The Labute approximate surface area is 124 Å². The highest BCUT2D eigenvalue weighted by Crippen LogP contribution is 2.36. The van der Waals surface area contributed by atoms with Gasteiger partial charge in [-0.25, -0.2) is 0 Å². The maximum atomic E-state index is 12.8. The topological polar surface area (TPSA) is 17.1 Å². The minimum atomic E-state index is 0.276. The van der Waals surface area contributed by atoms with Gasteiger partial charge in [0.25, 0.3) is 0 Å². The van der Waals surface area contributed by atoms with Crippen molar-refractivity contribution >= 4 is 23.6 Å². The van der Waals surface area contributed by atoms with E-state index in [2.05, 4.69) is 29.7 Å². The van der Waals surface area contributed by atoms with Gasteiger partial charge in [-0.3, -0.25) is 4.79 Å². The van der Waals surface area contributed by atoms with Gasteiger partial charge in [0, 0.05) is 16.1 Å². The molecule has 1 nitrogen and oxygen atoms in total. The maximum Gasteiger partial charge on any atom is 0.185 e. The van der Waals surface area contributed by atoms with Crippen LogP contribution in [-0.2, 0) is 4.79 Å². The van der Waals surface area contributed by atoms with Gasteiger partial charge in [-0.15, -0.1) is 11.8 Å². The molecule has 0 atom stereocenters. The number of hydrogen-bond acceptors (Lipinski definition) is 2. The van der Waals surface area contributed by atoms with Crippen LogP contribution in [0.5, 0.6) is 0 Å². The molecule has 1 aliphatic heterocycles. The van der Waals surface area contributed by atoms with Crippen LogP contribution in [0, 0.1) is 0 Å². The second-order valence-electron chi connectivity index (χ2n) is 5.21. The third-order valence-electron chi connectivity index (χ3n) is 3.78. The van der Waals surface area contributed by atoms with E-state index in [1.807, 2.05) is 18.2 Å². The third-order valence-corrected chi connectivity index (χ3v) is 4.80. The van der Waals surface area contributed by atoms with Gasteiger partial charge in [0.2, 0.25) is 0 Å². The maximum absolute atomic E-state index is 12.8. The second-order valence-corrected chi connectivity index (χ2v) is 6.21. The Kier molecular flexibility index (Phi) is 4.22. The molecule has 0 spiro atoms. The zero-order valence-electron chi connectivity index (χ0n) is 11.5. The Morgan fingerprint density at radius 1 is 1.05 bits per heavy atom. The van der Waals surface area contributed by atoms with E-state index in [0.29, 0.717) is 0 Å². The second kappa shape index (κ2) is 6.27. The van der Waals surface area contributed by atoms with E-state index in [0.717, 1.165) is 48.8 Å². The highest BCUT2D eigenvalue weighted by molar-refractivity contribution is 8.06. The van der Waals surface area contributed by atoms with Crippen molar-refractivity contribution in [2.75, 3.05) is 0 Å². The van der Waals surface area contributed by atoms with Gasteiger partial charge < -0.3 is 0 Å². The summed E-state index contributed by atoms with van der Waals surface area (Å²) in [5.41, 5.74) is 3.16. The normalized spacial score (nSPS) is 25.2. The molecule has 1 aromatic carbocycles. The molecule has 0 aromatic heterocycles. The number of thioether (sulfide) groups is 1. The predicted molar refractivity (Wildman–Crippen MR) is 86.3 cm³/mol. The lowest BCUT2D eigenvalue weighted by atomic mass is 9.99. The highest BCUT2D eigenvalue weighted by Gasteiger charge is 2.22. The van der Waals surface area contributed by atoms with Crippen molar-refractivity contribution in [3.63, 3.8) is 0 Å². The van der Waals surface area contributed by atoms with Crippen LogP contribution in [0.1, 0.15) is 37.7 Å². The fraction of sp³-hybridized carbons (Fsp3) is 0.278. The molecular weight excluding hydrogens is 264 g/mol. The van der Waals surface area contributed by atoms with Crippen LogP contribution in [0.15, 0.2) is 57.9 Å². The molecule has 0 saturated heterocycles. The largest absolute Gasteiger partial charge is 0.289 e. The van der Waals surface area contributed by atoms with Crippen molar-refractivity contribution in [2.24, 2.45) is 0 Å². The lowest BCUT2D eigenvalue weighted by Crippen LogP contribution is -2.05. The molecule has 1 aliphatic carbocycles. The van der Waals surface area contributed by atoms with Gasteiger partial charge in [-0.1, -0.05) is 36.4 Å². The van der Waals surface area contributed by atoms with Crippen LogP contribution < -0.4 is 0 Å². The minimum Gasteiger partial charge on any atom is -0.289 e. The highest BCUT2D eigenvalue weighted by atomic mass is 32.2. The summed E-state index contributed by atoms with van der Waals surface area (Å²) in [4.78, 5) is 14.0. The molecule has 0 bridgehead atoms. The Hall–Kier alpha value is -1.54. The zero-order valence-corrected chi connectivity index (χ0v) is 12.3. The van der Waals surface area contributed by atoms with Gasteiger partial charge in [0.1, 0.15) is 0 Å². The standard InChI is InChI=1S/C18H18OS/c19-18-15(13-14-7-2-1-3-8-14)9-4-5-10-16(18)17-11-6-12-20-17/h1-3,6-8,12-13H,4-5,9-11H2. The summed E-state index contributed by atoms with van der Waals surface area (Å²) in [6, 6.07) is 10.2. The van der Waals surface area contributed by atoms with E-state index in [-0.39, 0.29) is 5.78 Å². The SMILES string of the molecule is O=C1C(=Cc2ccccc2)CCCCC1=C1CC=CS1. The number of rotatable bonds is 1. The molecule has 3 rings (SSSR count). The first-order chi connectivity index (χ1) is 9.84. The van der Waals surface area contributed by atoms with E-state index in [1.165, 1.54) is 4.91 Å². The van der Waals surface area contributed by atoms with Crippen molar-refractivity contribution in [3.8, 4) is 0 Å². The summed E-state index contributed by atoms with van der Waals surface area (Å²) in [5, 5.41) is 2.10. The number of Topliss-reactive ketones (excluding diaryl/α,β-unsaturated/α-hetero) is 1. The van der Waals surface area contributed by atoms with E-state index in [4.69, 9.17) is 0 Å². The molecule has 0 unspecified atom stereocenters. The molecule has 1 saturated carbocycles. The Balaban J connectivity index is 1.93. The van der Waals surface area contributed by atoms with Crippen molar-refractivity contribution in [1.82, 2.24) is 0 Å². The summed E-state index contributed by atoms with van der Waals surface area (Å²) in [7, 11) is 0. The van der Waals surface area contributed by atoms with Crippen LogP contribution >= 0.6 is 11.8 Å². The summed E-state index contributed by atoms with van der Waals surface area (Å²) in [6.45, 7) is 0. The van der Waals surface area contributed by atoms with Crippen molar-refractivity contribution in [2.45, 2.75) is 32.1 Å². The average molecular weight is 282 g/mol. The van der Waals surface area contributed by atoms with E-state index in [9.17, 15) is 4.79 Å². The first kappa shape index (κ1) is 13.4. The fourth-order valence-corrected chi connectivity index (χ4v) is 3.61. The van der Waals surface area contributed by atoms with Gasteiger partial charge in [-0.05, 0) is 49.2 Å². The summed E-state index contributed by atoms with van der Waals surface area (Å²) in [5.74, 6) is 0.276. The molecule has 0 radical (unpaired) electrons. The lowest BCUT2D eigenvalue weighted by Gasteiger charge is -2.08. The molecular formula is C18H18OS. The number of hydrogen-bond donors (Lipinski definition) is 0. The number of allylic oxidation sites excluding steroid dienone is 4. The third kappa shape index (κ3) is 2.96. The Morgan fingerprint density at radius 2 is 1.85 bits per heavy atom. The molecule has 0 amide bonds. The quantitative estimate of drug-likeness (QED) is 0.525. The first-order valence-corrected chi connectivity index (χ1v) is 8.06. The zero-order chi connectivity index (χ0) is 13.8. The Bertz CT molecular complexity index is 583. The lowest BCUT2D eigenvalue weighted by molar-refractivity contribution is -0.112. The molecule has 0 N–H and O–H groups in total.